The largest absolute Gasteiger partial charge is 0.378 e. The summed E-state index contributed by atoms with van der Waals surface area (Å²) in [6.07, 6.45) is 6.16. The summed E-state index contributed by atoms with van der Waals surface area (Å²) in [5.74, 6) is 0.209. The van der Waals surface area contributed by atoms with Crippen molar-refractivity contribution in [3.05, 3.63) is 24.1 Å². The predicted molar refractivity (Wildman–Crippen MR) is 69.6 cm³/mol. The quantitative estimate of drug-likeness (QED) is 0.920. The number of fused-ring (bicyclic) bond motifs is 1. The van der Waals surface area contributed by atoms with Crippen molar-refractivity contribution in [3.63, 3.8) is 0 Å². The number of pyridine rings is 1. The van der Waals surface area contributed by atoms with E-state index in [2.05, 4.69) is 15.4 Å². The van der Waals surface area contributed by atoms with Crippen molar-refractivity contribution in [3.8, 4) is 0 Å². The fourth-order valence-corrected chi connectivity index (χ4v) is 2.31. The van der Waals surface area contributed by atoms with Gasteiger partial charge in [-0.25, -0.2) is 8.91 Å². The van der Waals surface area contributed by atoms with Crippen molar-refractivity contribution in [2.75, 3.05) is 18.5 Å². The van der Waals surface area contributed by atoms with E-state index >= 15 is 0 Å². The molecule has 2 aromatic heterocycles. The van der Waals surface area contributed by atoms with Gasteiger partial charge in [0.05, 0.1) is 12.3 Å². The second-order valence-electron chi connectivity index (χ2n) is 4.79. The second-order valence-corrected chi connectivity index (χ2v) is 4.79. The molecule has 5 nitrogen and oxygen atoms in total. The summed E-state index contributed by atoms with van der Waals surface area (Å²) in [6.45, 7) is 1.64. The number of nitrogens with zero attached hydrogens (tertiary/aromatic N) is 3. The average Bonchev–Trinajstić information content (AvgIpc) is 2.82. The second kappa shape index (κ2) is 5.52. The molecule has 0 saturated carbocycles. The van der Waals surface area contributed by atoms with Crippen LogP contribution in [-0.2, 0) is 4.74 Å². The summed E-state index contributed by atoms with van der Waals surface area (Å²) >= 11 is 0. The zero-order chi connectivity index (χ0) is 13.1. The van der Waals surface area contributed by atoms with Gasteiger partial charge in [-0.1, -0.05) is 0 Å². The Morgan fingerprint density at radius 2 is 2.37 bits per heavy atom. The topological polar surface area (TPSA) is 51.5 Å². The fourth-order valence-electron chi connectivity index (χ4n) is 2.31. The van der Waals surface area contributed by atoms with E-state index in [0.717, 1.165) is 26.0 Å². The average molecular weight is 264 g/mol. The molecule has 1 saturated heterocycles. The molecule has 102 valence electrons. The summed E-state index contributed by atoms with van der Waals surface area (Å²) in [5, 5.41) is 7.33. The van der Waals surface area contributed by atoms with Crippen molar-refractivity contribution in [2.45, 2.75) is 31.8 Å². The number of ether oxygens (including phenoxy) is 1. The van der Waals surface area contributed by atoms with Crippen molar-refractivity contribution in [1.29, 1.82) is 0 Å². The molecule has 0 spiro atoms. The van der Waals surface area contributed by atoms with Crippen molar-refractivity contribution in [2.24, 2.45) is 0 Å². The molecule has 19 heavy (non-hydrogen) atoms. The molecular weight excluding hydrogens is 247 g/mol. The van der Waals surface area contributed by atoms with Gasteiger partial charge in [0.2, 0.25) is 5.95 Å². The minimum Gasteiger partial charge on any atom is -0.378 e. The van der Waals surface area contributed by atoms with Crippen LogP contribution in [0.2, 0.25) is 0 Å². The van der Waals surface area contributed by atoms with Gasteiger partial charge in [-0.3, -0.25) is 0 Å². The highest BCUT2D eigenvalue weighted by molar-refractivity contribution is 5.42. The lowest BCUT2D eigenvalue weighted by Gasteiger charge is -2.22. The Balaban J connectivity index is 1.56. The van der Waals surface area contributed by atoms with Gasteiger partial charge in [0.15, 0.2) is 5.65 Å². The number of halogens is 1. The third-order valence-corrected chi connectivity index (χ3v) is 3.32. The van der Waals surface area contributed by atoms with Crippen LogP contribution in [0.5, 0.6) is 0 Å². The molecular formula is C13H17FN4O. The van der Waals surface area contributed by atoms with Crippen molar-refractivity contribution < 1.29 is 9.13 Å². The van der Waals surface area contributed by atoms with Crippen LogP contribution < -0.4 is 5.32 Å². The van der Waals surface area contributed by atoms with Gasteiger partial charge in [-0.2, -0.15) is 4.98 Å². The SMILES string of the molecule is Fc1ccc2nc(NCCC3CCCCO3)nn2c1. The predicted octanol–water partition coefficient (Wildman–Crippen LogP) is 2.24. The van der Waals surface area contributed by atoms with E-state index in [1.54, 1.807) is 6.07 Å². The Hall–Kier alpha value is -1.69. The Labute approximate surface area is 110 Å². The molecule has 0 amide bonds. The zero-order valence-corrected chi connectivity index (χ0v) is 10.7. The summed E-state index contributed by atoms with van der Waals surface area (Å²) in [5.41, 5.74) is 0.637. The minimum absolute atomic E-state index is 0.320. The highest BCUT2D eigenvalue weighted by Gasteiger charge is 2.13. The lowest BCUT2D eigenvalue weighted by molar-refractivity contribution is 0.0134. The van der Waals surface area contributed by atoms with E-state index in [9.17, 15) is 4.39 Å². The van der Waals surface area contributed by atoms with E-state index in [-0.39, 0.29) is 5.82 Å². The van der Waals surface area contributed by atoms with E-state index in [0.29, 0.717) is 17.7 Å². The Morgan fingerprint density at radius 1 is 1.42 bits per heavy atom. The maximum Gasteiger partial charge on any atom is 0.243 e. The molecule has 1 aliphatic heterocycles. The number of nitrogens with one attached hydrogen (secondary N) is 1. The van der Waals surface area contributed by atoms with Crippen molar-refractivity contribution >= 4 is 11.6 Å². The Bertz CT molecular complexity index is 551. The van der Waals surface area contributed by atoms with Gasteiger partial charge in [0, 0.05) is 13.2 Å². The highest BCUT2D eigenvalue weighted by Crippen LogP contribution is 2.15. The van der Waals surface area contributed by atoms with E-state index in [1.165, 1.54) is 29.6 Å². The molecule has 0 aromatic carbocycles. The Kier molecular flexibility index (Phi) is 3.59. The summed E-state index contributed by atoms with van der Waals surface area (Å²) in [4.78, 5) is 4.27. The Morgan fingerprint density at radius 3 is 3.21 bits per heavy atom. The molecule has 1 N–H and O–H groups in total. The third kappa shape index (κ3) is 3.01. The maximum atomic E-state index is 13.0. The van der Waals surface area contributed by atoms with Gasteiger partial charge in [0.25, 0.3) is 0 Å². The first-order chi connectivity index (χ1) is 9.31. The van der Waals surface area contributed by atoms with Crippen LogP contribution in [0.1, 0.15) is 25.7 Å². The molecule has 2 aromatic rings. The number of hydrogen-bond donors (Lipinski definition) is 1. The van der Waals surface area contributed by atoms with Crippen LogP contribution >= 0.6 is 0 Å². The maximum absolute atomic E-state index is 13.0. The van der Waals surface area contributed by atoms with Crippen LogP contribution in [0, 0.1) is 5.82 Å². The monoisotopic (exact) mass is 264 g/mol. The molecule has 6 heteroatoms. The zero-order valence-electron chi connectivity index (χ0n) is 10.7. The van der Waals surface area contributed by atoms with Crippen LogP contribution in [0.15, 0.2) is 18.3 Å². The molecule has 3 rings (SSSR count). The number of aromatic nitrogens is 3. The van der Waals surface area contributed by atoms with E-state index in [4.69, 9.17) is 4.74 Å². The van der Waals surface area contributed by atoms with Crippen molar-refractivity contribution in [1.82, 2.24) is 14.6 Å². The first-order valence-electron chi connectivity index (χ1n) is 6.69. The molecule has 0 radical (unpaired) electrons. The van der Waals surface area contributed by atoms with Crippen LogP contribution in [0.25, 0.3) is 5.65 Å². The first kappa shape index (κ1) is 12.3. The van der Waals surface area contributed by atoms with Crippen LogP contribution in [0.3, 0.4) is 0 Å². The summed E-state index contributed by atoms with van der Waals surface area (Å²) in [6, 6.07) is 2.99. The molecule has 1 atom stereocenters. The number of hydrogen-bond acceptors (Lipinski definition) is 4. The molecule has 0 aliphatic carbocycles. The van der Waals surface area contributed by atoms with Crippen LogP contribution in [0.4, 0.5) is 10.3 Å². The summed E-state index contributed by atoms with van der Waals surface area (Å²) < 4.78 is 20.1. The van der Waals surface area contributed by atoms with Gasteiger partial charge >= 0.3 is 0 Å². The first-order valence-corrected chi connectivity index (χ1v) is 6.69. The number of anilines is 1. The normalized spacial score (nSPS) is 19.7. The molecule has 1 fully saturated rings. The molecule has 1 unspecified atom stereocenters. The lowest BCUT2D eigenvalue weighted by Crippen LogP contribution is -2.22. The van der Waals surface area contributed by atoms with Gasteiger partial charge in [-0.05, 0) is 37.8 Å². The van der Waals surface area contributed by atoms with Gasteiger partial charge in [-0.15, -0.1) is 5.10 Å². The van der Waals surface area contributed by atoms with E-state index < -0.39 is 0 Å². The van der Waals surface area contributed by atoms with Crippen LogP contribution in [-0.4, -0.2) is 33.9 Å². The third-order valence-electron chi connectivity index (χ3n) is 3.32. The fraction of sp³-hybridized carbons (Fsp3) is 0.538. The van der Waals surface area contributed by atoms with Gasteiger partial charge in [0.1, 0.15) is 5.82 Å². The molecule has 0 bridgehead atoms. The highest BCUT2D eigenvalue weighted by atomic mass is 19.1. The smallest absolute Gasteiger partial charge is 0.243 e. The molecule has 3 heterocycles. The lowest BCUT2D eigenvalue weighted by atomic mass is 10.1. The minimum atomic E-state index is -0.320. The van der Waals surface area contributed by atoms with Gasteiger partial charge < -0.3 is 10.1 Å². The number of rotatable bonds is 4. The summed E-state index contributed by atoms with van der Waals surface area (Å²) in [7, 11) is 0. The van der Waals surface area contributed by atoms with E-state index in [1.807, 2.05) is 0 Å². The standard InChI is InChI=1S/C13H17FN4O/c14-10-4-5-12-16-13(17-18(12)9-10)15-7-6-11-3-1-2-8-19-11/h4-5,9,11H,1-3,6-8H2,(H,15,17). The molecule has 1 aliphatic rings.